The Morgan fingerprint density at radius 2 is 2.28 bits per heavy atom. The zero-order chi connectivity index (χ0) is 13.2. The van der Waals surface area contributed by atoms with Gasteiger partial charge in [-0.05, 0) is 19.4 Å². The Balaban J connectivity index is 2.35. The van der Waals surface area contributed by atoms with Crippen LogP contribution in [0.5, 0.6) is 0 Å². The lowest BCUT2D eigenvalue weighted by molar-refractivity contribution is -0.117. The second kappa shape index (κ2) is 8.96. The number of anilines is 1. The van der Waals surface area contributed by atoms with E-state index in [2.05, 4.69) is 27.3 Å². The Kier molecular flexibility index (Phi) is 7.47. The highest BCUT2D eigenvalue weighted by atomic mass is 32.1. The summed E-state index contributed by atoms with van der Waals surface area (Å²) in [6.07, 6.45) is 2.83. The number of hydrogen-bond acceptors (Lipinski definition) is 6. The van der Waals surface area contributed by atoms with Gasteiger partial charge in [-0.15, -0.1) is 10.2 Å². The van der Waals surface area contributed by atoms with Crippen molar-refractivity contribution in [2.75, 3.05) is 31.6 Å². The van der Waals surface area contributed by atoms with Gasteiger partial charge in [0.15, 0.2) is 0 Å². The molecule has 0 fully saturated rings. The first kappa shape index (κ1) is 15.0. The SMILES string of the molecule is CCCCN(CCCO)CC(=O)Nc1nncs1. The molecule has 0 aromatic carbocycles. The molecule has 0 aliphatic rings. The van der Waals surface area contributed by atoms with E-state index in [9.17, 15) is 4.79 Å². The fraction of sp³-hybridized carbons (Fsp3) is 0.727. The molecule has 1 aromatic rings. The van der Waals surface area contributed by atoms with Gasteiger partial charge in [0.1, 0.15) is 5.51 Å². The number of hydrogen-bond donors (Lipinski definition) is 2. The van der Waals surface area contributed by atoms with Gasteiger partial charge >= 0.3 is 0 Å². The average Bonchev–Trinajstić information content (AvgIpc) is 2.85. The van der Waals surface area contributed by atoms with Gasteiger partial charge in [-0.25, -0.2) is 0 Å². The Morgan fingerprint density at radius 3 is 2.89 bits per heavy atom. The predicted molar refractivity (Wildman–Crippen MR) is 71.6 cm³/mol. The molecule has 1 aromatic heterocycles. The summed E-state index contributed by atoms with van der Waals surface area (Å²) < 4.78 is 0. The molecule has 0 aliphatic carbocycles. The van der Waals surface area contributed by atoms with Gasteiger partial charge in [-0.1, -0.05) is 24.7 Å². The van der Waals surface area contributed by atoms with Gasteiger partial charge < -0.3 is 5.11 Å². The molecular weight excluding hydrogens is 252 g/mol. The third-order valence-corrected chi connectivity index (χ3v) is 3.04. The molecule has 0 atom stereocenters. The van der Waals surface area contributed by atoms with E-state index in [4.69, 9.17) is 5.11 Å². The molecule has 0 spiro atoms. The highest BCUT2D eigenvalue weighted by molar-refractivity contribution is 7.13. The Hall–Kier alpha value is -1.05. The first-order valence-electron chi connectivity index (χ1n) is 6.15. The second-order valence-electron chi connectivity index (χ2n) is 4.00. The number of rotatable bonds is 9. The predicted octanol–water partition coefficient (Wildman–Crippen LogP) is 0.961. The van der Waals surface area contributed by atoms with E-state index in [1.165, 1.54) is 11.3 Å². The topological polar surface area (TPSA) is 78.4 Å². The van der Waals surface area contributed by atoms with Gasteiger partial charge in [0.05, 0.1) is 6.54 Å². The van der Waals surface area contributed by atoms with Crippen LogP contribution in [0.15, 0.2) is 5.51 Å². The third-order valence-electron chi connectivity index (χ3n) is 2.43. The van der Waals surface area contributed by atoms with Crippen molar-refractivity contribution in [1.82, 2.24) is 15.1 Å². The van der Waals surface area contributed by atoms with E-state index in [1.807, 2.05) is 0 Å². The van der Waals surface area contributed by atoms with Crippen LogP contribution in [-0.4, -0.2) is 52.4 Å². The van der Waals surface area contributed by atoms with Gasteiger partial charge in [0, 0.05) is 13.2 Å². The molecule has 2 N–H and O–H groups in total. The minimum Gasteiger partial charge on any atom is -0.396 e. The van der Waals surface area contributed by atoms with Gasteiger partial charge in [-0.3, -0.25) is 15.0 Å². The molecule has 0 saturated carbocycles. The smallest absolute Gasteiger partial charge is 0.240 e. The van der Waals surface area contributed by atoms with Crippen LogP contribution in [0.3, 0.4) is 0 Å². The van der Waals surface area contributed by atoms with Crippen molar-refractivity contribution in [2.24, 2.45) is 0 Å². The zero-order valence-electron chi connectivity index (χ0n) is 10.6. The molecule has 1 amide bonds. The molecule has 6 nitrogen and oxygen atoms in total. The van der Waals surface area contributed by atoms with Crippen LogP contribution < -0.4 is 5.32 Å². The molecule has 0 radical (unpaired) electrons. The molecular formula is C11H20N4O2S. The standard InChI is InChI=1S/C11H20N4O2S/c1-2-3-5-15(6-4-7-16)8-10(17)13-11-14-12-9-18-11/h9,16H,2-8H2,1H3,(H,13,14,17). The van der Waals surface area contributed by atoms with Crippen molar-refractivity contribution in [1.29, 1.82) is 0 Å². The summed E-state index contributed by atoms with van der Waals surface area (Å²) in [5.41, 5.74) is 1.58. The van der Waals surface area contributed by atoms with Crippen molar-refractivity contribution in [3.05, 3.63) is 5.51 Å². The number of carbonyl (C=O) groups is 1. The van der Waals surface area contributed by atoms with Crippen LogP contribution in [0.25, 0.3) is 0 Å². The highest BCUT2D eigenvalue weighted by Gasteiger charge is 2.11. The highest BCUT2D eigenvalue weighted by Crippen LogP contribution is 2.07. The maximum atomic E-state index is 11.8. The van der Waals surface area contributed by atoms with E-state index in [1.54, 1.807) is 5.51 Å². The quantitative estimate of drug-likeness (QED) is 0.700. The normalized spacial score (nSPS) is 10.8. The van der Waals surface area contributed by atoms with Crippen LogP contribution in [0.1, 0.15) is 26.2 Å². The Morgan fingerprint density at radius 1 is 1.50 bits per heavy atom. The summed E-state index contributed by atoms with van der Waals surface area (Å²) in [5.74, 6) is -0.0826. The molecule has 0 aliphatic heterocycles. The van der Waals surface area contributed by atoms with Gasteiger partial charge in [0.2, 0.25) is 11.0 Å². The number of amides is 1. The number of carbonyl (C=O) groups excluding carboxylic acids is 1. The largest absolute Gasteiger partial charge is 0.396 e. The lowest BCUT2D eigenvalue weighted by atomic mass is 10.3. The molecule has 0 bridgehead atoms. The van der Waals surface area contributed by atoms with Crippen LogP contribution in [0.4, 0.5) is 5.13 Å². The number of nitrogens with zero attached hydrogens (tertiary/aromatic N) is 3. The maximum Gasteiger partial charge on any atom is 0.240 e. The minimum atomic E-state index is -0.0826. The van der Waals surface area contributed by atoms with Gasteiger partial charge in [0.25, 0.3) is 0 Å². The van der Waals surface area contributed by atoms with Crippen molar-refractivity contribution >= 4 is 22.4 Å². The molecule has 18 heavy (non-hydrogen) atoms. The molecule has 1 heterocycles. The number of aromatic nitrogens is 2. The van der Waals surface area contributed by atoms with Crippen molar-refractivity contribution in [3.63, 3.8) is 0 Å². The fourth-order valence-electron chi connectivity index (χ4n) is 1.54. The van der Waals surface area contributed by atoms with Crippen molar-refractivity contribution in [3.8, 4) is 0 Å². The number of nitrogens with one attached hydrogen (secondary N) is 1. The minimum absolute atomic E-state index is 0.0826. The van der Waals surface area contributed by atoms with Crippen LogP contribution in [0.2, 0.25) is 0 Å². The van der Waals surface area contributed by atoms with Gasteiger partial charge in [-0.2, -0.15) is 0 Å². The summed E-state index contributed by atoms with van der Waals surface area (Å²) in [7, 11) is 0. The number of aliphatic hydroxyl groups excluding tert-OH is 1. The molecule has 7 heteroatoms. The molecule has 0 unspecified atom stereocenters. The summed E-state index contributed by atoms with van der Waals surface area (Å²) in [5, 5.41) is 19.5. The van der Waals surface area contributed by atoms with Crippen molar-refractivity contribution < 1.29 is 9.90 Å². The summed E-state index contributed by atoms with van der Waals surface area (Å²) in [6.45, 7) is 4.21. The van der Waals surface area contributed by atoms with E-state index in [0.717, 1.165) is 25.9 Å². The lowest BCUT2D eigenvalue weighted by Crippen LogP contribution is -2.35. The average molecular weight is 272 g/mol. The Labute approximate surface area is 111 Å². The zero-order valence-corrected chi connectivity index (χ0v) is 11.4. The molecule has 0 saturated heterocycles. The van der Waals surface area contributed by atoms with Crippen LogP contribution in [-0.2, 0) is 4.79 Å². The first-order valence-corrected chi connectivity index (χ1v) is 7.03. The summed E-state index contributed by atoms with van der Waals surface area (Å²) >= 11 is 1.30. The summed E-state index contributed by atoms with van der Waals surface area (Å²) in [6, 6.07) is 0. The van der Waals surface area contributed by atoms with E-state index < -0.39 is 0 Å². The monoisotopic (exact) mass is 272 g/mol. The first-order chi connectivity index (χ1) is 8.76. The maximum absolute atomic E-state index is 11.8. The lowest BCUT2D eigenvalue weighted by Gasteiger charge is -2.20. The van der Waals surface area contributed by atoms with E-state index in [0.29, 0.717) is 18.1 Å². The molecule has 102 valence electrons. The third kappa shape index (κ3) is 6.04. The second-order valence-corrected chi connectivity index (χ2v) is 4.83. The number of aliphatic hydroxyl groups is 1. The van der Waals surface area contributed by atoms with Crippen molar-refractivity contribution in [2.45, 2.75) is 26.2 Å². The van der Waals surface area contributed by atoms with Crippen LogP contribution >= 0.6 is 11.3 Å². The number of unbranched alkanes of at least 4 members (excludes halogenated alkanes) is 1. The van der Waals surface area contributed by atoms with Crippen LogP contribution in [0, 0.1) is 0 Å². The fourth-order valence-corrected chi connectivity index (χ4v) is 2.00. The Bertz CT molecular complexity index is 324. The van der Waals surface area contributed by atoms with E-state index in [-0.39, 0.29) is 12.5 Å². The summed E-state index contributed by atoms with van der Waals surface area (Å²) in [4.78, 5) is 13.8. The molecule has 1 rings (SSSR count). The van der Waals surface area contributed by atoms with E-state index >= 15 is 0 Å².